The van der Waals surface area contributed by atoms with Gasteiger partial charge in [0.25, 0.3) is 0 Å². The Morgan fingerprint density at radius 3 is 3.07 bits per heavy atom. The second kappa shape index (κ2) is 5.21. The van der Waals surface area contributed by atoms with E-state index in [1.54, 1.807) is 0 Å². The van der Waals surface area contributed by atoms with Gasteiger partial charge < -0.3 is 4.90 Å². The quantitative estimate of drug-likeness (QED) is 0.789. The molecular formula is C11H15BrN2S. The van der Waals surface area contributed by atoms with Crippen molar-refractivity contribution in [2.45, 2.75) is 18.6 Å². The lowest BCUT2D eigenvalue weighted by Crippen LogP contribution is -2.26. The van der Waals surface area contributed by atoms with Crippen molar-refractivity contribution >= 4 is 33.5 Å². The molecule has 0 spiro atoms. The van der Waals surface area contributed by atoms with Gasteiger partial charge in [0, 0.05) is 34.8 Å². The largest absolute Gasteiger partial charge is 0.356 e. The molecule has 0 aliphatic carbocycles. The molecule has 1 saturated heterocycles. The number of hydrogen-bond acceptors (Lipinski definition) is 3. The highest BCUT2D eigenvalue weighted by atomic mass is 79.9. The first-order valence-electron chi connectivity index (χ1n) is 5.24. The van der Waals surface area contributed by atoms with Crippen LogP contribution in [0.15, 0.2) is 22.8 Å². The third kappa shape index (κ3) is 3.11. The van der Waals surface area contributed by atoms with E-state index >= 15 is 0 Å². The van der Waals surface area contributed by atoms with Crippen molar-refractivity contribution in [3.8, 4) is 0 Å². The SMILES string of the molecule is CC1CCN(c2ccc(Br)cn2)CCS1. The Morgan fingerprint density at radius 1 is 1.47 bits per heavy atom. The highest BCUT2D eigenvalue weighted by Crippen LogP contribution is 2.22. The van der Waals surface area contributed by atoms with Crippen LogP contribution in [-0.4, -0.2) is 29.1 Å². The van der Waals surface area contributed by atoms with Crippen molar-refractivity contribution in [3.05, 3.63) is 22.8 Å². The summed E-state index contributed by atoms with van der Waals surface area (Å²) in [5, 5.41) is 0.783. The van der Waals surface area contributed by atoms with Gasteiger partial charge in [-0.25, -0.2) is 4.98 Å². The lowest BCUT2D eigenvalue weighted by molar-refractivity contribution is 0.754. The van der Waals surface area contributed by atoms with E-state index < -0.39 is 0 Å². The third-order valence-corrected chi connectivity index (χ3v) is 4.30. The topological polar surface area (TPSA) is 16.1 Å². The van der Waals surface area contributed by atoms with Crippen LogP contribution in [0, 0.1) is 0 Å². The molecular weight excluding hydrogens is 272 g/mol. The molecule has 1 unspecified atom stereocenters. The average Bonchev–Trinajstić information content (AvgIpc) is 2.44. The number of halogens is 1. The predicted molar refractivity (Wildman–Crippen MR) is 70.7 cm³/mol. The minimum atomic E-state index is 0.783. The maximum atomic E-state index is 4.44. The molecule has 0 N–H and O–H groups in total. The molecule has 1 aliphatic heterocycles. The maximum absolute atomic E-state index is 4.44. The molecule has 2 nitrogen and oxygen atoms in total. The fourth-order valence-electron chi connectivity index (χ4n) is 1.68. The summed E-state index contributed by atoms with van der Waals surface area (Å²) in [5.74, 6) is 2.31. The molecule has 1 aliphatic rings. The van der Waals surface area contributed by atoms with Gasteiger partial charge in [-0.1, -0.05) is 6.92 Å². The van der Waals surface area contributed by atoms with Gasteiger partial charge in [-0.05, 0) is 34.5 Å². The smallest absolute Gasteiger partial charge is 0.128 e. The van der Waals surface area contributed by atoms with Crippen LogP contribution in [0.4, 0.5) is 5.82 Å². The van der Waals surface area contributed by atoms with Crippen molar-refractivity contribution in [1.29, 1.82) is 0 Å². The second-order valence-corrected chi connectivity index (χ2v) is 6.25. The molecule has 0 bridgehead atoms. The minimum Gasteiger partial charge on any atom is -0.356 e. The number of pyridine rings is 1. The van der Waals surface area contributed by atoms with Crippen LogP contribution in [-0.2, 0) is 0 Å². The fraction of sp³-hybridized carbons (Fsp3) is 0.545. The highest BCUT2D eigenvalue weighted by Gasteiger charge is 2.14. The molecule has 1 aromatic rings. The zero-order valence-electron chi connectivity index (χ0n) is 8.82. The van der Waals surface area contributed by atoms with Gasteiger partial charge >= 0.3 is 0 Å². The standard InChI is InChI=1S/C11H15BrN2S/c1-9-4-5-14(6-7-15-9)11-3-2-10(12)8-13-11/h2-3,8-9H,4-7H2,1H3. The number of nitrogens with zero attached hydrogens (tertiary/aromatic N) is 2. The second-order valence-electron chi connectivity index (χ2n) is 3.79. The Labute approximate surface area is 104 Å². The maximum Gasteiger partial charge on any atom is 0.128 e. The summed E-state index contributed by atoms with van der Waals surface area (Å²) in [5.41, 5.74) is 0. The molecule has 15 heavy (non-hydrogen) atoms. The van der Waals surface area contributed by atoms with Crippen molar-refractivity contribution in [2.75, 3.05) is 23.7 Å². The van der Waals surface area contributed by atoms with Crippen LogP contribution < -0.4 is 4.90 Å². The van der Waals surface area contributed by atoms with Gasteiger partial charge in [-0.15, -0.1) is 0 Å². The molecule has 0 saturated carbocycles. The van der Waals surface area contributed by atoms with E-state index in [4.69, 9.17) is 0 Å². The molecule has 0 amide bonds. The summed E-state index contributed by atoms with van der Waals surface area (Å²) in [4.78, 5) is 6.82. The van der Waals surface area contributed by atoms with Crippen LogP contribution in [0.25, 0.3) is 0 Å². The molecule has 1 atom stereocenters. The van der Waals surface area contributed by atoms with Crippen molar-refractivity contribution in [1.82, 2.24) is 4.98 Å². The predicted octanol–water partition coefficient (Wildman–Crippen LogP) is 3.18. The number of rotatable bonds is 1. The van der Waals surface area contributed by atoms with Crippen LogP contribution in [0.2, 0.25) is 0 Å². The van der Waals surface area contributed by atoms with E-state index in [2.05, 4.69) is 56.6 Å². The van der Waals surface area contributed by atoms with E-state index in [1.165, 1.54) is 12.2 Å². The summed E-state index contributed by atoms with van der Waals surface area (Å²) in [6, 6.07) is 4.15. The monoisotopic (exact) mass is 286 g/mol. The van der Waals surface area contributed by atoms with Crippen LogP contribution in [0.3, 0.4) is 0 Å². The number of hydrogen-bond donors (Lipinski definition) is 0. The van der Waals surface area contributed by atoms with Gasteiger partial charge in [-0.2, -0.15) is 11.8 Å². The van der Waals surface area contributed by atoms with Crippen LogP contribution in [0.1, 0.15) is 13.3 Å². The molecule has 0 aromatic carbocycles. The molecule has 1 aromatic heterocycles. The molecule has 0 radical (unpaired) electrons. The van der Waals surface area contributed by atoms with E-state index in [0.29, 0.717) is 0 Å². The van der Waals surface area contributed by atoms with Crippen molar-refractivity contribution in [3.63, 3.8) is 0 Å². The lowest BCUT2D eigenvalue weighted by Gasteiger charge is -2.20. The van der Waals surface area contributed by atoms with E-state index in [1.807, 2.05) is 6.20 Å². The summed E-state index contributed by atoms with van der Waals surface area (Å²) in [7, 11) is 0. The molecule has 4 heteroatoms. The van der Waals surface area contributed by atoms with Crippen molar-refractivity contribution in [2.24, 2.45) is 0 Å². The Balaban J connectivity index is 2.06. The van der Waals surface area contributed by atoms with E-state index in [0.717, 1.165) is 28.6 Å². The van der Waals surface area contributed by atoms with E-state index in [-0.39, 0.29) is 0 Å². The zero-order valence-corrected chi connectivity index (χ0v) is 11.2. The first kappa shape index (κ1) is 11.3. The van der Waals surface area contributed by atoms with Crippen LogP contribution >= 0.6 is 27.7 Å². The first-order valence-corrected chi connectivity index (χ1v) is 7.08. The average molecular weight is 287 g/mol. The molecule has 82 valence electrons. The third-order valence-electron chi connectivity index (χ3n) is 2.60. The molecule has 2 heterocycles. The zero-order chi connectivity index (χ0) is 10.7. The van der Waals surface area contributed by atoms with Crippen LogP contribution in [0.5, 0.6) is 0 Å². The Bertz CT molecular complexity index is 315. The fourth-order valence-corrected chi connectivity index (χ4v) is 2.92. The van der Waals surface area contributed by atoms with Gasteiger partial charge in [0.1, 0.15) is 5.82 Å². The molecule has 1 fully saturated rings. The van der Waals surface area contributed by atoms with Gasteiger partial charge in [-0.3, -0.25) is 0 Å². The van der Waals surface area contributed by atoms with Gasteiger partial charge in [0.2, 0.25) is 0 Å². The minimum absolute atomic E-state index is 0.783. The first-order chi connectivity index (χ1) is 7.25. The number of anilines is 1. The lowest BCUT2D eigenvalue weighted by atomic mass is 10.3. The molecule has 2 rings (SSSR count). The summed E-state index contributed by atoms with van der Waals surface area (Å²) < 4.78 is 1.05. The van der Waals surface area contributed by atoms with E-state index in [9.17, 15) is 0 Å². The summed E-state index contributed by atoms with van der Waals surface area (Å²) >= 11 is 5.47. The van der Waals surface area contributed by atoms with Crippen molar-refractivity contribution < 1.29 is 0 Å². The Kier molecular flexibility index (Phi) is 3.92. The van der Waals surface area contributed by atoms with Gasteiger partial charge in [0.15, 0.2) is 0 Å². The highest BCUT2D eigenvalue weighted by molar-refractivity contribution is 9.10. The summed E-state index contributed by atoms with van der Waals surface area (Å²) in [6.07, 6.45) is 3.12. The normalized spacial score (nSPS) is 22.5. The Morgan fingerprint density at radius 2 is 2.33 bits per heavy atom. The van der Waals surface area contributed by atoms with Gasteiger partial charge in [0.05, 0.1) is 0 Å². The summed E-state index contributed by atoms with van der Waals surface area (Å²) in [6.45, 7) is 4.55. The Hall–Kier alpha value is -0.220. The number of thioether (sulfide) groups is 1. The number of aromatic nitrogens is 1.